The zero-order valence-corrected chi connectivity index (χ0v) is 22.0. The lowest BCUT2D eigenvalue weighted by atomic mass is 9.91. The van der Waals surface area contributed by atoms with E-state index in [9.17, 15) is 18.0 Å². The Morgan fingerprint density at radius 1 is 1.16 bits per heavy atom. The topological polar surface area (TPSA) is 83.5 Å². The van der Waals surface area contributed by atoms with Crippen molar-refractivity contribution in [1.29, 1.82) is 0 Å². The number of piperazine rings is 1. The summed E-state index contributed by atoms with van der Waals surface area (Å²) in [6.45, 7) is 6.69. The molecule has 1 amide bonds. The fraction of sp³-hybridized carbons (Fsp3) is 0.462. The lowest BCUT2D eigenvalue weighted by Gasteiger charge is -2.51. The number of hydrogen-bond acceptors (Lipinski definition) is 7. The first-order valence-electron chi connectivity index (χ1n) is 12.4. The van der Waals surface area contributed by atoms with Gasteiger partial charge in [-0.3, -0.25) is 0 Å². The molecule has 3 aliphatic heterocycles. The SMILES string of the molecule is CC(C)(C)OC(=O)N1C[C@@H]2CC[C@H]1CN2c1ccc2ncnc(Nc3ccc(CC(F)F)c(Cl)c3F)c2n1. The van der Waals surface area contributed by atoms with E-state index in [1.807, 2.05) is 32.9 Å². The molecule has 0 unspecified atom stereocenters. The Labute approximate surface area is 223 Å². The molecule has 3 aromatic rings. The Bertz CT molecular complexity index is 1370. The van der Waals surface area contributed by atoms with Gasteiger partial charge < -0.3 is 19.9 Å². The van der Waals surface area contributed by atoms with E-state index in [0.29, 0.717) is 29.9 Å². The van der Waals surface area contributed by atoms with Gasteiger partial charge in [0.05, 0.1) is 22.3 Å². The van der Waals surface area contributed by atoms with Crippen LogP contribution in [0.3, 0.4) is 0 Å². The molecular weight excluding hydrogens is 521 g/mol. The van der Waals surface area contributed by atoms with Crippen molar-refractivity contribution < 1.29 is 22.7 Å². The molecule has 0 spiro atoms. The van der Waals surface area contributed by atoms with E-state index in [2.05, 4.69) is 20.2 Å². The zero-order chi connectivity index (χ0) is 27.2. The quantitative estimate of drug-likeness (QED) is 0.421. The molecule has 38 heavy (non-hydrogen) atoms. The number of rotatable bonds is 5. The number of amides is 1. The smallest absolute Gasteiger partial charge is 0.410 e. The summed E-state index contributed by atoms with van der Waals surface area (Å²) >= 11 is 6.02. The van der Waals surface area contributed by atoms with Gasteiger partial charge in [-0.15, -0.1) is 0 Å². The number of anilines is 3. The number of alkyl halides is 2. The van der Waals surface area contributed by atoms with E-state index in [1.54, 1.807) is 4.90 Å². The molecule has 202 valence electrons. The number of hydrogen-bond donors (Lipinski definition) is 1. The zero-order valence-electron chi connectivity index (χ0n) is 21.2. The molecule has 3 saturated heterocycles. The van der Waals surface area contributed by atoms with Crippen LogP contribution in [0, 0.1) is 5.82 Å². The first-order valence-corrected chi connectivity index (χ1v) is 12.8. The number of halogens is 4. The highest BCUT2D eigenvalue weighted by molar-refractivity contribution is 6.31. The second-order valence-corrected chi connectivity index (χ2v) is 10.9. The maximum absolute atomic E-state index is 14.9. The van der Waals surface area contributed by atoms with Crippen molar-refractivity contribution >= 4 is 46.1 Å². The second kappa shape index (κ2) is 10.1. The third kappa shape index (κ3) is 5.29. The Morgan fingerprint density at radius 2 is 1.92 bits per heavy atom. The van der Waals surface area contributed by atoms with E-state index in [1.165, 1.54) is 18.5 Å². The van der Waals surface area contributed by atoms with Crippen molar-refractivity contribution in [2.75, 3.05) is 23.3 Å². The average Bonchev–Trinajstić information content (AvgIpc) is 2.87. The highest BCUT2D eigenvalue weighted by Crippen LogP contribution is 2.35. The van der Waals surface area contributed by atoms with Gasteiger partial charge in [-0.25, -0.2) is 32.9 Å². The van der Waals surface area contributed by atoms with Crippen molar-refractivity contribution in [3.63, 3.8) is 0 Å². The maximum Gasteiger partial charge on any atom is 0.410 e. The fourth-order valence-electron chi connectivity index (χ4n) is 4.97. The van der Waals surface area contributed by atoms with Crippen molar-refractivity contribution in [1.82, 2.24) is 19.9 Å². The van der Waals surface area contributed by atoms with Gasteiger partial charge in [-0.05, 0) is 57.4 Å². The van der Waals surface area contributed by atoms with Gasteiger partial charge >= 0.3 is 6.09 Å². The van der Waals surface area contributed by atoms with Crippen LogP contribution in [0.4, 0.5) is 35.3 Å². The van der Waals surface area contributed by atoms with Crippen LogP contribution in [0.2, 0.25) is 5.02 Å². The van der Waals surface area contributed by atoms with Gasteiger partial charge in [0.2, 0.25) is 6.43 Å². The van der Waals surface area contributed by atoms with Crippen molar-refractivity contribution in [2.24, 2.45) is 0 Å². The largest absolute Gasteiger partial charge is 0.444 e. The summed E-state index contributed by atoms with van der Waals surface area (Å²) in [5.41, 5.74) is 0.416. The minimum absolute atomic E-state index is 0.0000397. The summed E-state index contributed by atoms with van der Waals surface area (Å²) in [7, 11) is 0. The van der Waals surface area contributed by atoms with E-state index >= 15 is 0 Å². The van der Waals surface area contributed by atoms with E-state index in [-0.39, 0.29) is 40.3 Å². The predicted molar refractivity (Wildman–Crippen MR) is 139 cm³/mol. The fourth-order valence-corrected chi connectivity index (χ4v) is 5.21. The molecule has 12 heteroatoms. The molecule has 0 saturated carbocycles. The van der Waals surface area contributed by atoms with Crippen LogP contribution in [-0.4, -0.2) is 63.1 Å². The molecule has 3 aliphatic rings. The van der Waals surface area contributed by atoms with Gasteiger partial charge in [-0.2, -0.15) is 0 Å². The lowest BCUT2D eigenvalue weighted by molar-refractivity contribution is 0.000787. The summed E-state index contributed by atoms with van der Waals surface area (Å²) in [4.78, 5) is 30.0. The van der Waals surface area contributed by atoms with Crippen LogP contribution in [-0.2, 0) is 11.2 Å². The summed E-state index contributed by atoms with van der Waals surface area (Å²) in [6.07, 6.45) is -0.460. The number of aromatic nitrogens is 3. The normalized spacial score (nSPS) is 19.4. The molecule has 2 atom stereocenters. The first kappa shape index (κ1) is 26.3. The number of fused-ring (bicyclic) bond motifs is 4. The highest BCUT2D eigenvalue weighted by Gasteiger charge is 2.43. The van der Waals surface area contributed by atoms with E-state index in [4.69, 9.17) is 21.3 Å². The second-order valence-electron chi connectivity index (χ2n) is 10.5. The maximum atomic E-state index is 14.9. The number of ether oxygens (including phenoxy) is 1. The molecule has 1 N–H and O–H groups in total. The van der Waals surface area contributed by atoms with Crippen LogP contribution in [0.15, 0.2) is 30.6 Å². The molecule has 5 heterocycles. The Kier molecular flexibility index (Phi) is 6.97. The predicted octanol–water partition coefficient (Wildman–Crippen LogP) is 5.96. The van der Waals surface area contributed by atoms with Gasteiger partial charge in [0.25, 0.3) is 0 Å². The van der Waals surface area contributed by atoms with Crippen molar-refractivity contribution in [2.45, 2.75) is 64.1 Å². The number of piperidine rings is 2. The van der Waals surface area contributed by atoms with Gasteiger partial charge in [0, 0.05) is 25.6 Å². The molecule has 0 radical (unpaired) electrons. The number of benzene rings is 1. The lowest BCUT2D eigenvalue weighted by Crippen LogP contribution is -2.64. The van der Waals surface area contributed by atoms with Gasteiger partial charge in [0.1, 0.15) is 23.3 Å². The number of carbonyl (C=O) groups is 1. The molecule has 2 bridgehead atoms. The number of pyridine rings is 1. The van der Waals surface area contributed by atoms with Crippen LogP contribution >= 0.6 is 11.6 Å². The van der Waals surface area contributed by atoms with Crippen LogP contribution in [0.1, 0.15) is 39.2 Å². The average molecular weight is 549 g/mol. The van der Waals surface area contributed by atoms with Crippen LogP contribution in [0.5, 0.6) is 0 Å². The van der Waals surface area contributed by atoms with Crippen molar-refractivity contribution in [3.8, 4) is 0 Å². The molecule has 8 nitrogen and oxygen atoms in total. The van der Waals surface area contributed by atoms with E-state index < -0.39 is 24.3 Å². The third-order valence-electron chi connectivity index (χ3n) is 6.71. The number of carbonyl (C=O) groups excluding carboxylic acids is 1. The molecule has 3 fully saturated rings. The van der Waals surface area contributed by atoms with Crippen LogP contribution in [0.25, 0.3) is 11.0 Å². The molecular formula is C26H28ClF3N6O2. The minimum Gasteiger partial charge on any atom is -0.444 e. The molecule has 6 rings (SSSR count). The number of nitrogens with zero attached hydrogens (tertiary/aromatic N) is 5. The van der Waals surface area contributed by atoms with Crippen LogP contribution < -0.4 is 10.2 Å². The summed E-state index contributed by atoms with van der Waals surface area (Å²) in [5.74, 6) is 0.106. The summed E-state index contributed by atoms with van der Waals surface area (Å²) in [5, 5.41) is 2.54. The Morgan fingerprint density at radius 3 is 2.61 bits per heavy atom. The Hall–Kier alpha value is -3.34. The third-order valence-corrected chi connectivity index (χ3v) is 7.12. The van der Waals surface area contributed by atoms with Gasteiger partial charge in [0.15, 0.2) is 11.6 Å². The summed E-state index contributed by atoms with van der Waals surface area (Å²) in [6, 6.07) is 6.47. The first-order chi connectivity index (χ1) is 18.0. The summed E-state index contributed by atoms with van der Waals surface area (Å²) < 4.78 is 46.1. The minimum atomic E-state index is -2.64. The number of nitrogens with one attached hydrogen (secondary N) is 1. The molecule has 1 aromatic carbocycles. The standard InChI is InChI=1S/C26H28ClF3N6O2/c1-26(2,3)38-25(37)36-12-15-5-6-16(36)11-35(15)20-9-8-18-23(34-20)24(32-13-31-18)33-17-7-4-14(10-19(28)29)21(27)22(17)30/h4,7-9,13,15-16,19H,5-6,10-12H2,1-3H3,(H,31,32,33)/t15-,16-/m0/s1. The monoisotopic (exact) mass is 548 g/mol. The molecule has 0 aliphatic carbocycles. The van der Waals surface area contributed by atoms with E-state index in [0.717, 1.165) is 12.8 Å². The highest BCUT2D eigenvalue weighted by atomic mass is 35.5. The van der Waals surface area contributed by atoms with Gasteiger partial charge in [-0.1, -0.05) is 17.7 Å². The van der Waals surface area contributed by atoms with Crippen molar-refractivity contribution in [3.05, 3.63) is 47.0 Å². The Balaban J connectivity index is 1.40. The molecule has 2 aromatic heterocycles.